The van der Waals surface area contributed by atoms with Gasteiger partial charge >= 0.3 is 5.69 Å². The van der Waals surface area contributed by atoms with Crippen LogP contribution in [0.2, 0.25) is 0 Å². The highest BCUT2D eigenvalue weighted by molar-refractivity contribution is 5.69. The minimum atomic E-state index is -0.703. The standard InChI is InChI=1S/C13H10FNO3/c1-8-2-4-10(11(14)6-8)9-3-5-13(16)12(7-9)15(17)18/h2-7,16H,1H3. The summed E-state index contributed by atoms with van der Waals surface area (Å²) in [6.07, 6.45) is 0. The maximum Gasteiger partial charge on any atom is 0.311 e. The van der Waals surface area contributed by atoms with Crippen LogP contribution in [0.1, 0.15) is 5.56 Å². The van der Waals surface area contributed by atoms with Gasteiger partial charge < -0.3 is 5.11 Å². The van der Waals surface area contributed by atoms with E-state index < -0.39 is 22.2 Å². The van der Waals surface area contributed by atoms with Gasteiger partial charge in [0, 0.05) is 11.6 Å². The fraction of sp³-hybridized carbons (Fsp3) is 0.0769. The van der Waals surface area contributed by atoms with E-state index in [1.54, 1.807) is 19.1 Å². The Kier molecular flexibility index (Phi) is 2.97. The molecule has 0 aliphatic rings. The summed E-state index contributed by atoms with van der Waals surface area (Å²) in [6, 6.07) is 8.41. The van der Waals surface area contributed by atoms with Crippen LogP contribution in [0.15, 0.2) is 36.4 Å². The van der Waals surface area contributed by atoms with Crippen molar-refractivity contribution in [3.05, 3.63) is 57.9 Å². The third kappa shape index (κ3) is 2.15. The first-order valence-electron chi connectivity index (χ1n) is 5.23. The summed E-state index contributed by atoms with van der Waals surface area (Å²) in [6.45, 7) is 1.76. The van der Waals surface area contributed by atoms with Crippen LogP contribution in [0.25, 0.3) is 11.1 Å². The molecule has 0 spiro atoms. The number of halogens is 1. The Balaban J connectivity index is 2.58. The Morgan fingerprint density at radius 2 is 1.94 bits per heavy atom. The van der Waals surface area contributed by atoms with Gasteiger partial charge in [-0.15, -0.1) is 0 Å². The number of nitro groups is 1. The molecule has 0 bridgehead atoms. The molecule has 0 fully saturated rings. The fourth-order valence-corrected chi connectivity index (χ4v) is 1.69. The average molecular weight is 247 g/mol. The van der Waals surface area contributed by atoms with Crippen molar-refractivity contribution in [2.75, 3.05) is 0 Å². The Morgan fingerprint density at radius 3 is 2.56 bits per heavy atom. The molecule has 0 aliphatic carbocycles. The van der Waals surface area contributed by atoms with Crippen LogP contribution in [-0.4, -0.2) is 10.0 Å². The molecule has 0 aliphatic heterocycles. The zero-order chi connectivity index (χ0) is 13.3. The number of aromatic hydroxyl groups is 1. The molecular weight excluding hydrogens is 237 g/mol. The average Bonchev–Trinajstić information content (AvgIpc) is 2.30. The number of hydrogen-bond donors (Lipinski definition) is 1. The van der Waals surface area contributed by atoms with E-state index in [0.717, 1.165) is 11.6 Å². The second-order valence-electron chi connectivity index (χ2n) is 3.94. The van der Waals surface area contributed by atoms with E-state index in [1.165, 1.54) is 18.2 Å². The molecular formula is C13H10FNO3. The van der Waals surface area contributed by atoms with Crippen LogP contribution < -0.4 is 0 Å². The molecule has 1 N–H and O–H groups in total. The smallest absolute Gasteiger partial charge is 0.311 e. The van der Waals surface area contributed by atoms with Crippen molar-refractivity contribution in [3.63, 3.8) is 0 Å². The molecule has 0 atom stereocenters. The number of benzene rings is 2. The van der Waals surface area contributed by atoms with Crippen LogP contribution in [0.3, 0.4) is 0 Å². The third-order valence-electron chi connectivity index (χ3n) is 2.61. The van der Waals surface area contributed by atoms with E-state index >= 15 is 0 Å². The zero-order valence-corrected chi connectivity index (χ0v) is 9.55. The van der Waals surface area contributed by atoms with E-state index in [2.05, 4.69) is 0 Å². The number of aryl methyl sites for hydroxylation is 1. The lowest BCUT2D eigenvalue weighted by Crippen LogP contribution is -1.91. The van der Waals surface area contributed by atoms with Crippen LogP contribution in [0, 0.1) is 22.9 Å². The van der Waals surface area contributed by atoms with Gasteiger partial charge in [0.05, 0.1) is 4.92 Å². The number of phenolic OH excluding ortho intramolecular Hbond substituents is 1. The van der Waals surface area contributed by atoms with E-state index in [0.29, 0.717) is 5.56 Å². The second kappa shape index (κ2) is 4.44. The number of nitrogens with zero attached hydrogens (tertiary/aromatic N) is 1. The predicted octanol–water partition coefficient (Wildman–Crippen LogP) is 3.41. The minimum absolute atomic E-state index is 0.267. The van der Waals surface area contributed by atoms with Gasteiger partial charge in [-0.3, -0.25) is 10.1 Å². The van der Waals surface area contributed by atoms with Gasteiger partial charge in [0.15, 0.2) is 5.75 Å². The van der Waals surface area contributed by atoms with Crippen LogP contribution >= 0.6 is 0 Å². The van der Waals surface area contributed by atoms with Crippen molar-refractivity contribution in [3.8, 4) is 16.9 Å². The normalized spacial score (nSPS) is 10.3. The SMILES string of the molecule is Cc1ccc(-c2ccc(O)c([N+](=O)[O-])c2)c(F)c1. The second-order valence-corrected chi connectivity index (χ2v) is 3.94. The number of hydrogen-bond acceptors (Lipinski definition) is 3. The van der Waals surface area contributed by atoms with E-state index in [9.17, 15) is 19.6 Å². The lowest BCUT2D eigenvalue weighted by Gasteiger charge is -2.05. The Morgan fingerprint density at radius 1 is 1.22 bits per heavy atom. The molecule has 18 heavy (non-hydrogen) atoms. The highest BCUT2D eigenvalue weighted by atomic mass is 19.1. The Bertz CT molecular complexity index is 626. The summed E-state index contributed by atoms with van der Waals surface area (Å²) in [5.74, 6) is -0.883. The van der Waals surface area contributed by atoms with E-state index in [4.69, 9.17) is 0 Å². The summed E-state index contributed by atoms with van der Waals surface area (Å²) in [7, 11) is 0. The summed E-state index contributed by atoms with van der Waals surface area (Å²) in [4.78, 5) is 9.99. The minimum Gasteiger partial charge on any atom is -0.502 e. The fourth-order valence-electron chi connectivity index (χ4n) is 1.69. The molecule has 0 unspecified atom stereocenters. The molecule has 0 saturated carbocycles. The Hall–Kier alpha value is -2.43. The van der Waals surface area contributed by atoms with Gasteiger partial charge in [-0.05, 0) is 30.2 Å². The Labute approximate surface area is 102 Å². The number of rotatable bonds is 2. The number of nitro benzene ring substituents is 1. The first-order chi connectivity index (χ1) is 8.49. The highest BCUT2D eigenvalue weighted by Gasteiger charge is 2.15. The molecule has 4 nitrogen and oxygen atoms in total. The van der Waals surface area contributed by atoms with E-state index in [-0.39, 0.29) is 5.56 Å². The van der Waals surface area contributed by atoms with E-state index in [1.807, 2.05) is 0 Å². The molecule has 0 heterocycles. The molecule has 0 saturated heterocycles. The molecule has 2 aromatic carbocycles. The maximum atomic E-state index is 13.7. The number of phenols is 1. The van der Waals surface area contributed by atoms with Crippen molar-refractivity contribution in [1.29, 1.82) is 0 Å². The van der Waals surface area contributed by atoms with Crippen molar-refractivity contribution in [2.24, 2.45) is 0 Å². The van der Waals surface area contributed by atoms with Crippen molar-refractivity contribution in [1.82, 2.24) is 0 Å². The van der Waals surface area contributed by atoms with Gasteiger partial charge in [0.2, 0.25) is 0 Å². The molecule has 0 aromatic heterocycles. The molecule has 92 valence electrons. The predicted molar refractivity (Wildman–Crippen MR) is 64.9 cm³/mol. The zero-order valence-electron chi connectivity index (χ0n) is 9.55. The quantitative estimate of drug-likeness (QED) is 0.653. The maximum absolute atomic E-state index is 13.7. The first kappa shape index (κ1) is 12.0. The van der Waals surface area contributed by atoms with Gasteiger partial charge in [0.25, 0.3) is 0 Å². The van der Waals surface area contributed by atoms with Crippen LogP contribution in [-0.2, 0) is 0 Å². The summed E-state index contributed by atoms with van der Waals surface area (Å²) in [5, 5.41) is 20.0. The molecule has 5 heteroatoms. The van der Waals surface area contributed by atoms with Crippen molar-refractivity contribution < 1.29 is 14.4 Å². The van der Waals surface area contributed by atoms with Gasteiger partial charge in [-0.2, -0.15) is 0 Å². The highest BCUT2D eigenvalue weighted by Crippen LogP contribution is 2.32. The lowest BCUT2D eigenvalue weighted by atomic mass is 10.0. The molecule has 0 radical (unpaired) electrons. The first-order valence-corrected chi connectivity index (χ1v) is 5.23. The summed E-state index contributed by atoms with van der Waals surface area (Å²) < 4.78 is 13.7. The summed E-state index contributed by atoms with van der Waals surface area (Å²) >= 11 is 0. The van der Waals surface area contributed by atoms with Gasteiger partial charge in [-0.25, -0.2) is 4.39 Å². The topological polar surface area (TPSA) is 63.4 Å². The van der Waals surface area contributed by atoms with Gasteiger partial charge in [0.1, 0.15) is 5.82 Å². The largest absolute Gasteiger partial charge is 0.502 e. The summed E-state index contributed by atoms with van der Waals surface area (Å²) in [5.41, 5.74) is 0.956. The lowest BCUT2D eigenvalue weighted by molar-refractivity contribution is -0.385. The van der Waals surface area contributed by atoms with Crippen LogP contribution in [0.5, 0.6) is 5.75 Å². The van der Waals surface area contributed by atoms with Crippen molar-refractivity contribution in [2.45, 2.75) is 6.92 Å². The molecule has 2 aromatic rings. The third-order valence-corrected chi connectivity index (χ3v) is 2.61. The molecule has 2 rings (SSSR count). The van der Waals surface area contributed by atoms with Crippen LogP contribution in [0.4, 0.5) is 10.1 Å². The van der Waals surface area contributed by atoms with Gasteiger partial charge in [-0.1, -0.05) is 18.2 Å². The monoisotopic (exact) mass is 247 g/mol. The van der Waals surface area contributed by atoms with Crippen molar-refractivity contribution >= 4 is 5.69 Å². The molecule has 0 amide bonds.